The molecule has 214 valence electrons. The Morgan fingerprint density at radius 3 is 2.49 bits per heavy atom. The molecule has 0 amide bonds. The van der Waals surface area contributed by atoms with Crippen molar-refractivity contribution < 1.29 is 13.5 Å². The smallest absolute Gasteiger partial charge is 0.240 e. The highest BCUT2D eigenvalue weighted by molar-refractivity contribution is 7.89. The predicted octanol–water partition coefficient (Wildman–Crippen LogP) is 4.87. The Kier molecular flexibility index (Phi) is 7.70. The van der Waals surface area contributed by atoms with Crippen molar-refractivity contribution in [2.75, 3.05) is 33.7 Å². The second kappa shape index (κ2) is 11.4. The fourth-order valence-corrected chi connectivity index (χ4v) is 6.64. The summed E-state index contributed by atoms with van der Waals surface area (Å²) in [6, 6.07) is 23.4. The van der Waals surface area contributed by atoms with Crippen LogP contribution in [0.2, 0.25) is 0 Å². The molecule has 2 fully saturated rings. The Morgan fingerprint density at radius 2 is 1.80 bits per heavy atom. The number of likely N-dealkylation sites (tertiary alicyclic amines) is 1. The number of aromatic amines is 1. The average molecular weight is 572 g/mol. The molecule has 1 aliphatic carbocycles. The van der Waals surface area contributed by atoms with Gasteiger partial charge in [0.15, 0.2) is 5.88 Å². The molecule has 0 bridgehead atoms. The van der Waals surface area contributed by atoms with Crippen LogP contribution in [0.25, 0.3) is 10.9 Å². The largest absolute Gasteiger partial charge is 0.494 e. The molecule has 1 atom stereocenters. The summed E-state index contributed by atoms with van der Waals surface area (Å²) >= 11 is 0. The molecule has 1 unspecified atom stereocenters. The molecular formula is C32H37N5O3S. The van der Waals surface area contributed by atoms with E-state index in [1.54, 1.807) is 18.2 Å². The number of sulfonamides is 1. The van der Waals surface area contributed by atoms with Gasteiger partial charge in [0.25, 0.3) is 0 Å². The Morgan fingerprint density at radius 1 is 1.05 bits per heavy atom. The molecule has 1 saturated carbocycles. The highest BCUT2D eigenvalue weighted by Crippen LogP contribution is 2.34. The lowest BCUT2D eigenvalue weighted by atomic mass is 10.0. The summed E-state index contributed by atoms with van der Waals surface area (Å²) in [5.41, 5.74) is 4.48. The molecule has 4 aromatic rings. The molecule has 1 aliphatic heterocycles. The first-order chi connectivity index (χ1) is 19.8. The summed E-state index contributed by atoms with van der Waals surface area (Å²) in [6.45, 7) is 3.51. The SMILES string of the molecule is CN(C)C1CCN(Cc2ccc(N=C(c3ccccc3)c3c(O)[nH]c4ccc(S(=O)(=O)NCC5CC5)cc34)cc2)C1. The number of fused-ring (bicyclic) bond motifs is 1. The monoisotopic (exact) mass is 571 g/mol. The van der Waals surface area contributed by atoms with E-state index in [-0.39, 0.29) is 10.8 Å². The molecule has 3 N–H and O–H groups in total. The number of likely N-dealkylation sites (N-methyl/N-ethyl adjacent to an activating group) is 1. The third kappa shape index (κ3) is 6.23. The van der Waals surface area contributed by atoms with Gasteiger partial charge in [0.05, 0.1) is 21.9 Å². The van der Waals surface area contributed by atoms with Crippen molar-refractivity contribution in [3.63, 3.8) is 0 Å². The quantitative estimate of drug-likeness (QED) is 0.236. The van der Waals surface area contributed by atoms with Gasteiger partial charge >= 0.3 is 0 Å². The zero-order valence-corrected chi connectivity index (χ0v) is 24.4. The van der Waals surface area contributed by atoms with Crippen molar-refractivity contribution in [2.24, 2.45) is 10.9 Å². The lowest BCUT2D eigenvalue weighted by Gasteiger charge is -2.20. The zero-order valence-electron chi connectivity index (χ0n) is 23.5. The number of H-pyrrole nitrogens is 1. The van der Waals surface area contributed by atoms with Crippen LogP contribution in [0.1, 0.15) is 36.0 Å². The molecule has 0 radical (unpaired) electrons. The molecule has 6 rings (SSSR count). The summed E-state index contributed by atoms with van der Waals surface area (Å²) < 4.78 is 28.8. The summed E-state index contributed by atoms with van der Waals surface area (Å²) in [5.74, 6) is 0.373. The molecule has 41 heavy (non-hydrogen) atoms. The number of hydrogen-bond donors (Lipinski definition) is 3. The van der Waals surface area contributed by atoms with Crippen molar-refractivity contribution in [3.8, 4) is 5.88 Å². The normalized spacial score (nSPS) is 18.5. The summed E-state index contributed by atoms with van der Waals surface area (Å²) in [6.07, 6.45) is 3.30. The van der Waals surface area contributed by atoms with E-state index in [0.29, 0.717) is 40.7 Å². The van der Waals surface area contributed by atoms with Crippen molar-refractivity contribution in [2.45, 2.75) is 36.7 Å². The maximum atomic E-state index is 13.0. The van der Waals surface area contributed by atoms with Gasteiger partial charge in [-0.15, -0.1) is 0 Å². The first kappa shape index (κ1) is 27.7. The molecule has 9 heteroatoms. The first-order valence-corrected chi connectivity index (χ1v) is 15.7. The molecule has 2 aliphatic rings. The van der Waals surface area contributed by atoms with Crippen molar-refractivity contribution in [3.05, 3.63) is 89.5 Å². The molecule has 8 nitrogen and oxygen atoms in total. The van der Waals surface area contributed by atoms with Gasteiger partial charge < -0.3 is 15.0 Å². The molecule has 2 heterocycles. The van der Waals surface area contributed by atoms with Gasteiger partial charge in [-0.25, -0.2) is 18.1 Å². The van der Waals surface area contributed by atoms with Gasteiger partial charge in [-0.1, -0.05) is 42.5 Å². The number of aromatic hydroxyl groups is 1. The van der Waals surface area contributed by atoms with Crippen LogP contribution in [0.3, 0.4) is 0 Å². The van der Waals surface area contributed by atoms with Crippen LogP contribution in [0.4, 0.5) is 5.69 Å². The standard InChI is InChI=1S/C32H37N5O3S/c1-36(2)26-16-17-37(21-26)20-23-10-12-25(13-11-23)34-31(24-6-4-3-5-7-24)30-28-18-27(14-15-29(28)35-32(30)38)41(39,40)33-19-22-8-9-22/h3-7,10-15,18,22,26,33,35,38H,8-9,16-17,19-21H2,1-2H3. The second-order valence-electron chi connectivity index (χ2n) is 11.5. The fraction of sp³-hybridized carbons (Fsp3) is 0.344. The van der Waals surface area contributed by atoms with Crippen molar-refractivity contribution in [1.82, 2.24) is 19.5 Å². The third-order valence-electron chi connectivity index (χ3n) is 8.16. The fourth-order valence-electron chi connectivity index (χ4n) is 5.50. The van der Waals surface area contributed by atoms with Crippen LogP contribution >= 0.6 is 0 Å². The van der Waals surface area contributed by atoms with Gasteiger partial charge in [0.1, 0.15) is 0 Å². The maximum absolute atomic E-state index is 13.0. The number of benzene rings is 3. The van der Waals surface area contributed by atoms with E-state index in [2.05, 4.69) is 45.7 Å². The summed E-state index contributed by atoms with van der Waals surface area (Å²) in [4.78, 5) is 13.0. The maximum Gasteiger partial charge on any atom is 0.240 e. The van der Waals surface area contributed by atoms with Crippen LogP contribution in [-0.4, -0.2) is 73.8 Å². The van der Waals surface area contributed by atoms with Crippen LogP contribution in [0.15, 0.2) is 82.7 Å². The first-order valence-electron chi connectivity index (χ1n) is 14.2. The van der Waals surface area contributed by atoms with Gasteiger partial charge in [0.2, 0.25) is 10.0 Å². The van der Waals surface area contributed by atoms with Gasteiger partial charge in [-0.2, -0.15) is 0 Å². The minimum Gasteiger partial charge on any atom is -0.494 e. The topological polar surface area (TPSA) is 101 Å². The number of aromatic nitrogens is 1. The van der Waals surface area contributed by atoms with E-state index >= 15 is 0 Å². The molecule has 1 aromatic heterocycles. The van der Waals surface area contributed by atoms with Crippen LogP contribution < -0.4 is 4.72 Å². The van der Waals surface area contributed by atoms with Crippen LogP contribution in [-0.2, 0) is 16.6 Å². The number of hydrogen-bond acceptors (Lipinski definition) is 6. The van der Waals surface area contributed by atoms with E-state index in [1.165, 1.54) is 12.0 Å². The summed E-state index contributed by atoms with van der Waals surface area (Å²) in [5, 5.41) is 11.7. The van der Waals surface area contributed by atoms with E-state index < -0.39 is 10.0 Å². The minimum absolute atomic E-state index is 0.0517. The zero-order chi connectivity index (χ0) is 28.6. The Hall–Kier alpha value is -3.50. The number of rotatable bonds is 10. The average Bonchev–Trinajstić information content (AvgIpc) is 3.59. The van der Waals surface area contributed by atoms with E-state index in [1.807, 2.05) is 42.5 Å². The summed E-state index contributed by atoms with van der Waals surface area (Å²) in [7, 11) is 0.604. The van der Waals surface area contributed by atoms with E-state index in [9.17, 15) is 13.5 Å². The van der Waals surface area contributed by atoms with Crippen molar-refractivity contribution >= 4 is 32.3 Å². The Balaban J connectivity index is 1.34. The van der Waals surface area contributed by atoms with Gasteiger partial charge in [0, 0.05) is 48.7 Å². The number of aliphatic imine (C=N–C) groups is 1. The van der Waals surface area contributed by atoms with Crippen LogP contribution in [0.5, 0.6) is 5.88 Å². The minimum atomic E-state index is -3.68. The third-order valence-corrected chi connectivity index (χ3v) is 9.59. The van der Waals surface area contributed by atoms with Gasteiger partial charge in [-0.05, 0) is 75.2 Å². The highest BCUT2D eigenvalue weighted by Gasteiger charge is 2.26. The highest BCUT2D eigenvalue weighted by atomic mass is 32.2. The lowest BCUT2D eigenvalue weighted by Crippen LogP contribution is -2.31. The Labute approximate surface area is 241 Å². The predicted molar refractivity (Wildman–Crippen MR) is 163 cm³/mol. The van der Waals surface area contributed by atoms with Crippen LogP contribution in [0, 0.1) is 5.92 Å². The molecular weight excluding hydrogens is 534 g/mol. The Bertz CT molecular complexity index is 1660. The van der Waals surface area contributed by atoms with E-state index in [0.717, 1.165) is 43.7 Å². The van der Waals surface area contributed by atoms with Crippen molar-refractivity contribution in [1.29, 1.82) is 0 Å². The molecule has 3 aromatic carbocycles. The molecule has 1 saturated heterocycles. The second-order valence-corrected chi connectivity index (χ2v) is 13.3. The van der Waals surface area contributed by atoms with Gasteiger partial charge in [-0.3, -0.25) is 4.90 Å². The lowest BCUT2D eigenvalue weighted by molar-refractivity contribution is 0.264. The number of nitrogens with one attached hydrogen (secondary N) is 2. The molecule has 0 spiro atoms. The number of nitrogens with zero attached hydrogens (tertiary/aromatic N) is 3. The van der Waals surface area contributed by atoms with E-state index in [4.69, 9.17) is 4.99 Å².